The summed E-state index contributed by atoms with van der Waals surface area (Å²) in [6.45, 7) is 2.99. The summed E-state index contributed by atoms with van der Waals surface area (Å²) in [6, 6.07) is 4.58. The highest BCUT2D eigenvalue weighted by Crippen LogP contribution is 2.36. The van der Waals surface area contributed by atoms with Gasteiger partial charge in [-0.1, -0.05) is 11.6 Å². The van der Waals surface area contributed by atoms with E-state index in [1.54, 1.807) is 6.07 Å². The molecule has 1 aromatic carbocycles. The minimum atomic E-state index is -1.02. The Bertz CT molecular complexity index is 547. The Morgan fingerprint density at radius 2 is 2.16 bits per heavy atom. The van der Waals surface area contributed by atoms with Crippen molar-refractivity contribution in [2.24, 2.45) is 11.1 Å². The highest BCUT2D eigenvalue weighted by Gasteiger charge is 2.39. The first-order valence-corrected chi connectivity index (χ1v) is 6.29. The van der Waals surface area contributed by atoms with E-state index < -0.39 is 11.4 Å². The molecule has 6 heteroatoms. The molecule has 1 aliphatic rings. The molecule has 0 spiro atoms. The number of rotatable bonds is 3. The molecule has 0 aliphatic carbocycles. The van der Waals surface area contributed by atoms with Crippen LogP contribution < -0.4 is 10.6 Å². The Balaban J connectivity index is 2.25. The quantitative estimate of drug-likeness (QED) is 0.884. The number of amides is 1. The van der Waals surface area contributed by atoms with Gasteiger partial charge in [0.25, 0.3) is 0 Å². The van der Waals surface area contributed by atoms with Gasteiger partial charge < -0.3 is 15.7 Å². The van der Waals surface area contributed by atoms with E-state index in [1.807, 2.05) is 11.8 Å². The molecule has 0 radical (unpaired) electrons. The van der Waals surface area contributed by atoms with Crippen LogP contribution in [0.5, 0.6) is 0 Å². The molecule has 1 unspecified atom stereocenters. The van der Waals surface area contributed by atoms with Crippen LogP contribution in [0.2, 0.25) is 5.02 Å². The van der Waals surface area contributed by atoms with E-state index in [1.165, 1.54) is 12.1 Å². The van der Waals surface area contributed by atoms with Crippen molar-refractivity contribution in [3.63, 3.8) is 0 Å². The van der Waals surface area contributed by atoms with E-state index in [0.717, 1.165) is 5.69 Å². The number of carboxylic acid groups (broad SMARTS) is 1. The number of halogens is 1. The number of benzene rings is 1. The first-order valence-electron chi connectivity index (χ1n) is 5.91. The Morgan fingerprint density at radius 3 is 2.63 bits per heavy atom. The fourth-order valence-corrected chi connectivity index (χ4v) is 2.56. The van der Waals surface area contributed by atoms with Gasteiger partial charge in [-0.05, 0) is 31.5 Å². The Labute approximate surface area is 116 Å². The van der Waals surface area contributed by atoms with Gasteiger partial charge in [0.1, 0.15) is 0 Å². The lowest BCUT2D eigenvalue weighted by molar-refractivity contribution is -0.125. The molecule has 1 heterocycles. The van der Waals surface area contributed by atoms with Crippen LogP contribution in [-0.4, -0.2) is 30.1 Å². The van der Waals surface area contributed by atoms with Crippen molar-refractivity contribution in [1.82, 2.24) is 0 Å². The van der Waals surface area contributed by atoms with Crippen LogP contribution in [0.3, 0.4) is 0 Å². The second kappa shape index (κ2) is 4.74. The molecule has 0 bridgehead atoms. The number of nitrogens with zero attached hydrogens (tertiary/aromatic N) is 1. The molecule has 1 aromatic rings. The lowest BCUT2D eigenvalue weighted by Crippen LogP contribution is -2.37. The predicted octanol–water partition coefficient (Wildman–Crippen LogP) is 1.74. The van der Waals surface area contributed by atoms with Crippen molar-refractivity contribution >= 4 is 29.2 Å². The summed E-state index contributed by atoms with van der Waals surface area (Å²) >= 11 is 6.11. The van der Waals surface area contributed by atoms with E-state index in [9.17, 15) is 9.59 Å². The molecule has 102 valence electrons. The molecule has 0 saturated carbocycles. The number of aromatic carboxylic acids is 1. The molecule has 19 heavy (non-hydrogen) atoms. The largest absolute Gasteiger partial charge is 0.478 e. The van der Waals surface area contributed by atoms with Gasteiger partial charge in [-0.2, -0.15) is 0 Å². The maximum absolute atomic E-state index is 11.4. The van der Waals surface area contributed by atoms with Gasteiger partial charge in [0.15, 0.2) is 0 Å². The smallest absolute Gasteiger partial charge is 0.335 e. The summed E-state index contributed by atoms with van der Waals surface area (Å²) in [5, 5.41) is 9.26. The van der Waals surface area contributed by atoms with Crippen molar-refractivity contribution in [3.8, 4) is 0 Å². The van der Waals surface area contributed by atoms with Gasteiger partial charge in [0.05, 0.1) is 21.7 Å². The van der Waals surface area contributed by atoms with E-state index in [2.05, 4.69) is 0 Å². The molecular formula is C13H15ClN2O3. The van der Waals surface area contributed by atoms with Gasteiger partial charge in [0.2, 0.25) is 5.91 Å². The van der Waals surface area contributed by atoms with Crippen LogP contribution in [0.4, 0.5) is 5.69 Å². The summed E-state index contributed by atoms with van der Waals surface area (Å²) in [4.78, 5) is 24.2. The normalized spacial score (nSPS) is 22.5. The van der Waals surface area contributed by atoms with Gasteiger partial charge >= 0.3 is 5.97 Å². The van der Waals surface area contributed by atoms with Gasteiger partial charge in [-0.25, -0.2) is 4.79 Å². The van der Waals surface area contributed by atoms with Crippen molar-refractivity contribution in [3.05, 3.63) is 28.8 Å². The number of nitrogens with two attached hydrogens (primary N) is 1. The average Bonchev–Trinajstić information content (AvgIpc) is 2.73. The Morgan fingerprint density at radius 1 is 1.47 bits per heavy atom. The van der Waals surface area contributed by atoms with Gasteiger partial charge in [-0.15, -0.1) is 0 Å². The molecule has 1 atom stereocenters. The summed E-state index contributed by atoms with van der Waals surface area (Å²) < 4.78 is 0. The van der Waals surface area contributed by atoms with Crippen LogP contribution in [0.25, 0.3) is 0 Å². The van der Waals surface area contributed by atoms with E-state index in [0.29, 0.717) is 24.5 Å². The first-order chi connectivity index (χ1) is 8.83. The van der Waals surface area contributed by atoms with E-state index in [-0.39, 0.29) is 11.5 Å². The zero-order chi connectivity index (χ0) is 14.2. The SMILES string of the molecule is CC1(C(N)=O)CCN(c2ccc(C(=O)O)cc2Cl)C1. The van der Waals surface area contributed by atoms with Crippen molar-refractivity contribution < 1.29 is 14.7 Å². The number of hydrogen-bond acceptors (Lipinski definition) is 3. The van der Waals surface area contributed by atoms with Crippen LogP contribution >= 0.6 is 11.6 Å². The molecule has 1 saturated heterocycles. The summed E-state index contributed by atoms with van der Waals surface area (Å²) in [5.41, 5.74) is 5.71. The molecular weight excluding hydrogens is 268 g/mol. The minimum absolute atomic E-state index is 0.144. The number of carbonyl (C=O) groups excluding carboxylic acids is 1. The second-order valence-corrected chi connectivity index (χ2v) is 5.48. The maximum atomic E-state index is 11.4. The van der Waals surface area contributed by atoms with Crippen molar-refractivity contribution in [1.29, 1.82) is 0 Å². The third kappa shape index (κ3) is 2.51. The number of primary amides is 1. The molecule has 1 aliphatic heterocycles. The summed E-state index contributed by atoms with van der Waals surface area (Å²) in [7, 11) is 0. The second-order valence-electron chi connectivity index (χ2n) is 5.07. The van der Waals surface area contributed by atoms with Crippen molar-refractivity contribution in [2.75, 3.05) is 18.0 Å². The number of carboxylic acids is 1. The third-order valence-corrected chi connectivity index (χ3v) is 3.91. The van der Waals surface area contributed by atoms with E-state index in [4.69, 9.17) is 22.4 Å². The molecule has 1 fully saturated rings. The predicted molar refractivity (Wildman–Crippen MR) is 72.5 cm³/mol. The molecule has 0 aromatic heterocycles. The zero-order valence-corrected chi connectivity index (χ0v) is 11.3. The topological polar surface area (TPSA) is 83.6 Å². The van der Waals surface area contributed by atoms with Crippen molar-refractivity contribution in [2.45, 2.75) is 13.3 Å². The maximum Gasteiger partial charge on any atom is 0.335 e. The molecule has 1 amide bonds. The minimum Gasteiger partial charge on any atom is -0.478 e. The number of hydrogen-bond donors (Lipinski definition) is 2. The molecule has 3 N–H and O–H groups in total. The van der Waals surface area contributed by atoms with Crippen LogP contribution in [0.1, 0.15) is 23.7 Å². The monoisotopic (exact) mass is 282 g/mol. The van der Waals surface area contributed by atoms with E-state index >= 15 is 0 Å². The average molecular weight is 283 g/mol. The van der Waals surface area contributed by atoms with Gasteiger partial charge in [0, 0.05) is 13.1 Å². The number of carbonyl (C=O) groups is 2. The summed E-state index contributed by atoms with van der Waals surface area (Å²) in [5.74, 6) is -1.34. The zero-order valence-electron chi connectivity index (χ0n) is 10.5. The lowest BCUT2D eigenvalue weighted by Gasteiger charge is -2.23. The lowest BCUT2D eigenvalue weighted by atomic mass is 9.89. The first kappa shape index (κ1) is 13.7. The number of anilines is 1. The third-order valence-electron chi connectivity index (χ3n) is 3.60. The molecule has 5 nitrogen and oxygen atoms in total. The van der Waals surface area contributed by atoms with Gasteiger partial charge in [-0.3, -0.25) is 4.79 Å². The Hall–Kier alpha value is -1.75. The fourth-order valence-electron chi connectivity index (χ4n) is 2.26. The highest BCUT2D eigenvalue weighted by molar-refractivity contribution is 6.33. The highest BCUT2D eigenvalue weighted by atomic mass is 35.5. The summed E-state index contributed by atoms with van der Waals surface area (Å²) in [6.07, 6.45) is 0.666. The van der Waals surface area contributed by atoms with Crippen LogP contribution in [-0.2, 0) is 4.79 Å². The molecule has 2 rings (SSSR count). The fraction of sp³-hybridized carbons (Fsp3) is 0.385. The van der Waals surface area contributed by atoms with Crippen LogP contribution in [0.15, 0.2) is 18.2 Å². The van der Waals surface area contributed by atoms with Crippen LogP contribution in [0, 0.1) is 5.41 Å². The standard InChI is InChI=1S/C13H15ClN2O3/c1-13(12(15)19)4-5-16(7-13)10-3-2-8(11(17)18)6-9(10)14/h2-3,6H,4-5,7H2,1H3,(H2,15,19)(H,17,18). The Kier molecular flexibility index (Phi) is 3.41.